The van der Waals surface area contributed by atoms with Gasteiger partial charge in [-0.2, -0.15) is 18.3 Å². The molecule has 0 radical (unpaired) electrons. The Kier molecular flexibility index (Phi) is 11.2. The van der Waals surface area contributed by atoms with Crippen molar-refractivity contribution in [2.75, 3.05) is 39.9 Å². The zero-order valence-electron chi connectivity index (χ0n) is 33.6. The largest absolute Gasteiger partial charge is 0.465 e. The minimum absolute atomic E-state index is 0.00992. The van der Waals surface area contributed by atoms with Gasteiger partial charge in [0.1, 0.15) is 11.0 Å². The molecule has 1 spiro atoms. The predicted molar refractivity (Wildman–Crippen MR) is 203 cm³/mol. The zero-order chi connectivity index (χ0) is 42.5. The highest BCUT2D eigenvalue weighted by Gasteiger charge is 2.71. The van der Waals surface area contributed by atoms with Crippen LogP contribution in [0.3, 0.4) is 0 Å². The van der Waals surface area contributed by atoms with Crippen LogP contribution in [0.5, 0.6) is 0 Å². The van der Waals surface area contributed by atoms with Crippen molar-refractivity contribution >= 4 is 23.8 Å². The number of aromatic nitrogens is 2. The molecule has 2 aliphatic carbocycles. The number of carbonyl (C=O) groups excluding carboxylic acids is 4. The summed E-state index contributed by atoms with van der Waals surface area (Å²) in [6, 6.07) is 12.1. The van der Waals surface area contributed by atoms with Crippen LogP contribution in [0.1, 0.15) is 113 Å². The average molecular weight is 829 g/mol. The summed E-state index contributed by atoms with van der Waals surface area (Å²) in [7, 11) is 1.28. The van der Waals surface area contributed by atoms with Crippen LogP contribution in [0, 0.1) is 16.7 Å². The Balaban J connectivity index is 1.10. The van der Waals surface area contributed by atoms with Gasteiger partial charge in [0.15, 0.2) is 0 Å². The first-order valence-electron chi connectivity index (χ1n) is 19.9. The van der Waals surface area contributed by atoms with Crippen LogP contribution in [0.15, 0.2) is 54.9 Å². The molecule has 4 aliphatic rings. The quantitative estimate of drug-likeness (QED) is 0.145. The van der Waals surface area contributed by atoms with Crippen LogP contribution < -0.4 is 0 Å². The van der Waals surface area contributed by atoms with E-state index >= 15 is 0 Å². The highest BCUT2D eigenvalue weighted by atomic mass is 19.4. The SMILES string of the molecule is COC(=O)c1ccccc1Cn1cc(C(=O)N2C[C@@H](COCc3cccc(C4CCC(F)(F)CC4)c3C(=O)OC(C)(C)C)C3(C2)CN(C(=O)C2(C(F)(F)F)CC2)C3)cn1. The molecule has 11 nitrogen and oxygen atoms in total. The number of amides is 2. The predicted octanol–water partition coefficient (Wildman–Crippen LogP) is 7.43. The Morgan fingerprint density at radius 2 is 1.53 bits per heavy atom. The number of halogens is 5. The Hall–Kier alpha value is -4.86. The van der Waals surface area contributed by atoms with E-state index < -0.39 is 52.3 Å². The van der Waals surface area contributed by atoms with Crippen LogP contribution in [-0.2, 0) is 32.2 Å². The number of methoxy groups -OCH3 is 1. The summed E-state index contributed by atoms with van der Waals surface area (Å²) in [5.41, 5.74) is -1.33. The summed E-state index contributed by atoms with van der Waals surface area (Å²) in [4.78, 5) is 56.1. The van der Waals surface area contributed by atoms with E-state index in [9.17, 15) is 41.1 Å². The first-order chi connectivity index (χ1) is 27.7. The number of rotatable bonds is 11. The molecule has 2 aliphatic heterocycles. The van der Waals surface area contributed by atoms with Crippen LogP contribution in [0.4, 0.5) is 22.0 Å². The molecule has 16 heteroatoms. The topological polar surface area (TPSA) is 120 Å². The van der Waals surface area contributed by atoms with E-state index in [0.717, 1.165) is 0 Å². The smallest absolute Gasteiger partial charge is 0.403 e. The molecule has 3 heterocycles. The molecule has 2 saturated heterocycles. The van der Waals surface area contributed by atoms with Gasteiger partial charge in [-0.3, -0.25) is 14.3 Å². The molecule has 2 saturated carbocycles. The second kappa shape index (κ2) is 15.6. The second-order valence-electron chi connectivity index (χ2n) is 17.6. The van der Waals surface area contributed by atoms with E-state index in [1.807, 2.05) is 0 Å². The summed E-state index contributed by atoms with van der Waals surface area (Å²) in [6.07, 6.45) is -2.39. The van der Waals surface area contributed by atoms with Crippen molar-refractivity contribution in [1.82, 2.24) is 19.6 Å². The second-order valence-corrected chi connectivity index (χ2v) is 17.6. The average Bonchev–Trinajstić information content (AvgIpc) is 3.72. The summed E-state index contributed by atoms with van der Waals surface area (Å²) in [5, 5.41) is 4.35. The molecule has 2 amide bonds. The van der Waals surface area contributed by atoms with Gasteiger partial charge in [0.2, 0.25) is 11.8 Å². The van der Waals surface area contributed by atoms with Crippen LogP contribution in [0.2, 0.25) is 0 Å². The molecule has 4 fully saturated rings. The summed E-state index contributed by atoms with van der Waals surface area (Å²) in [5.74, 6) is -5.87. The number of nitrogens with zero attached hydrogens (tertiary/aromatic N) is 4. The molecular formula is C43H49F5N4O7. The van der Waals surface area contributed by atoms with Crippen molar-refractivity contribution in [3.63, 3.8) is 0 Å². The van der Waals surface area contributed by atoms with E-state index in [4.69, 9.17) is 14.2 Å². The van der Waals surface area contributed by atoms with Gasteiger partial charge in [-0.25, -0.2) is 18.4 Å². The van der Waals surface area contributed by atoms with Crippen LogP contribution in [-0.4, -0.2) is 101 Å². The highest BCUT2D eigenvalue weighted by Crippen LogP contribution is 2.60. The fourth-order valence-corrected chi connectivity index (χ4v) is 8.89. The third-order valence-corrected chi connectivity index (χ3v) is 12.3. The van der Waals surface area contributed by atoms with Gasteiger partial charge in [0, 0.05) is 56.6 Å². The highest BCUT2D eigenvalue weighted by molar-refractivity contribution is 5.95. The standard InChI is InChI=1S/C43H49F5N4O7/c1-39(2,3)59-37(55)34-29(9-7-11-32(34)27-12-14-42(44,45)15-13-27)22-58-23-31-21-50(24-40(31)25-51(26-40)38(56)41(16-17-41)43(46,47)48)35(53)30-18-49-52(20-30)19-28-8-5-6-10-33(28)36(54)57-4/h5-11,18,20,27,31H,12-17,19,21-26H2,1-4H3/t31-/m0/s1. The van der Waals surface area contributed by atoms with E-state index in [0.29, 0.717) is 22.3 Å². The molecule has 0 N–H and O–H groups in total. The molecule has 1 atom stereocenters. The number of carbonyl (C=O) groups is 4. The number of esters is 2. The number of hydrogen-bond donors (Lipinski definition) is 0. The van der Waals surface area contributed by atoms with Gasteiger partial charge in [0.25, 0.3) is 5.91 Å². The number of hydrogen-bond acceptors (Lipinski definition) is 8. The molecular weight excluding hydrogens is 779 g/mol. The Labute approximate surface area is 339 Å². The maximum absolute atomic E-state index is 14.1. The van der Waals surface area contributed by atoms with E-state index in [-0.39, 0.29) is 107 Å². The molecule has 2 aromatic carbocycles. The third-order valence-electron chi connectivity index (χ3n) is 12.3. The normalized spacial score (nSPS) is 20.9. The summed E-state index contributed by atoms with van der Waals surface area (Å²) < 4.78 is 88.6. The number of ether oxygens (including phenoxy) is 3. The minimum Gasteiger partial charge on any atom is -0.465 e. The Morgan fingerprint density at radius 3 is 2.17 bits per heavy atom. The molecule has 7 rings (SSSR count). The Morgan fingerprint density at radius 1 is 0.864 bits per heavy atom. The third kappa shape index (κ3) is 8.60. The Bertz CT molecular complexity index is 2090. The van der Waals surface area contributed by atoms with Gasteiger partial charge < -0.3 is 24.0 Å². The lowest BCUT2D eigenvalue weighted by Gasteiger charge is -2.51. The van der Waals surface area contributed by atoms with Crippen molar-refractivity contribution in [3.05, 3.63) is 88.2 Å². The summed E-state index contributed by atoms with van der Waals surface area (Å²) in [6.45, 7) is 5.72. The molecule has 3 aromatic rings. The molecule has 1 aromatic heterocycles. The van der Waals surface area contributed by atoms with Crippen LogP contribution in [0.25, 0.3) is 0 Å². The number of alkyl halides is 5. The van der Waals surface area contributed by atoms with Gasteiger partial charge in [0.05, 0.1) is 49.8 Å². The molecule has 0 unspecified atom stereocenters. The summed E-state index contributed by atoms with van der Waals surface area (Å²) >= 11 is 0. The molecule has 318 valence electrons. The van der Waals surface area contributed by atoms with E-state index in [1.54, 1.807) is 74.3 Å². The van der Waals surface area contributed by atoms with Gasteiger partial charge in [-0.15, -0.1) is 0 Å². The number of likely N-dealkylation sites (tertiary alicyclic amines) is 2. The maximum Gasteiger partial charge on any atom is 0.403 e. The lowest BCUT2D eigenvalue weighted by Crippen LogP contribution is -2.65. The zero-order valence-corrected chi connectivity index (χ0v) is 33.6. The van der Waals surface area contributed by atoms with Crippen molar-refractivity contribution in [2.45, 2.75) is 96.1 Å². The number of benzene rings is 2. The fraction of sp³-hybridized carbons (Fsp3) is 0.558. The van der Waals surface area contributed by atoms with Gasteiger partial charge in [-0.1, -0.05) is 36.4 Å². The van der Waals surface area contributed by atoms with Crippen molar-refractivity contribution in [3.8, 4) is 0 Å². The van der Waals surface area contributed by atoms with Crippen molar-refractivity contribution in [2.24, 2.45) is 16.7 Å². The van der Waals surface area contributed by atoms with Gasteiger partial charge in [-0.05, 0) is 75.1 Å². The maximum atomic E-state index is 14.1. The fourth-order valence-electron chi connectivity index (χ4n) is 8.89. The van der Waals surface area contributed by atoms with Crippen molar-refractivity contribution in [1.29, 1.82) is 0 Å². The lowest BCUT2D eigenvalue weighted by molar-refractivity contribution is -0.205. The molecule has 0 bridgehead atoms. The monoisotopic (exact) mass is 828 g/mol. The van der Waals surface area contributed by atoms with Gasteiger partial charge >= 0.3 is 18.1 Å². The lowest BCUT2D eigenvalue weighted by atomic mass is 9.71. The first kappa shape index (κ1) is 42.3. The molecule has 59 heavy (non-hydrogen) atoms. The van der Waals surface area contributed by atoms with E-state index in [2.05, 4.69) is 5.10 Å². The van der Waals surface area contributed by atoms with Crippen molar-refractivity contribution < 1.29 is 55.3 Å². The van der Waals surface area contributed by atoms with Crippen LogP contribution >= 0.6 is 0 Å². The van der Waals surface area contributed by atoms with E-state index in [1.165, 1.54) is 22.9 Å². The first-order valence-corrected chi connectivity index (χ1v) is 19.9. The minimum atomic E-state index is -4.66.